The molecule has 21 heavy (non-hydrogen) atoms. The van der Waals surface area contributed by atoms with Crippen molar-refractivity contribution >= 4 is 21.5 Å². The Kier molecular flexibility index (Phi) is 5.60. The van der Waals surface area contributed by atoms with E-state index < -0.39 is 15.8 Å². The number of esters is 1. The van der Waals surface area contributed by atoms with Crippen LogP contribution in [-0.4, -0.2) is 32.4 Å². The summed E-state index contributed by atoms with van der Waals surface area (Å²) in [5.41, 5.74) is 0.0366. The van der Waals surface area contributed by atoms with E-state index in [-0.39, 0.29) is 23.0 Å². The Balaban J connectivity index is 2.98. The van der Waals surface area contributed by atoms with E-state index in [0.29, 0.717) is 5.69 Å². The highest BCUT2D eigenvalue weighted by molar-refractivity contribution is 7.90. The molecule has 0 unspecified atom stereocenters. The topological polar surface area (TPSA) is 105 Å². The van der Waals surface area contributed by atoms with Crippen molar-refractivity contribution in [1.29, 1.82) is 0 Å². The molecule has 1 rings (SSSR count). The van der Waals surface area contributed by atoms with Gasteiger partial charge in [-0.05, 0) is 38.1 Å². The van der Waals surface area contributed by atoms with Crippen molar-refractivity contribution in [2.45, 2.75) is 18.7 Å². The molecule has 0 spiro atoms. The van der Waals surface area contributed by atoms with Gasteiger partial charge in [0.2, 0.25) is 5.70 Å². The summed E-state index contributed by atoms with van der Waals surface area (Å²) in [5.74, 6) is -1.10. The molecule has 0 bridgehead atoms. The van der Waals surface area contributed by atoms with Gasteiger partial charge in [0.05, 0.1) is 17.2 Å². The van der Waals surface area contributed by atoms with Crippen LogP contribution in [0.5, 0.6) is 0 Å². The summed E-state index contributed by atoms with van der Waals surface area (Å²) < 4.78 is 27.3. The maximum Gasteiger partial charge on any atom is 0.362 e. The fourth-order valence-corrected chi connectivity index (χ4v) is 1.96. The monoisotopic (exact) mass is 312 g/mol. The zero-order valence-corrected chi connectivity index (χ0v) is 12.7. The van der Waals surface area contributed by atoms with Crippen molar-refractivity contribution in [2.75, 3.05) is 12.9 Å². The fourth-order valence-electron chi connectivity index (χ4n) is 1.33. The largest absolute Gasteiger partial charge is 0.510 e. The normalized spacial score (nSPS) is 13.1. The van der Waals surface area contributed by atoms with Gasteiger partial charge in [-0.3, -0.25) is 0 Å². The minimum Gasteiger partial charge on any atom is -0.510 e. The van der Waals surface area contributed by atoms with E-state index in [0.717, 1.165) is 6.26 Å². The van der Waals surface area contributed by atoms with Crippen LogP contribution in [0, 0.1) is 0 Å². The number of aliphatic hydroxyl groups is 1. The molecule has 0 radical (unpaired) electrons. The van der Waals surface area contributed by atoms with Crippen LogP contribution in [-0.2, 0) is 19.4 Å². The average Bonchev–Trinajstić information content (AvgIpc) is 2.38. The van der Waals surface area contributed by atoms with Crippen LogP contribution in [0.3, 0.4) is 0 Å². The summed E-state index contributed by atoms with van der Waals surface area (Å²) in [4.78, 5) is 11.7. The van der Waals surface area contributed by atoms with Crippen molar-refractivity contribution in [2.24, 2.45) is 10.2 Å². The number of aliphatic hydroxyl groups excluding tert-OH is 1. The van der Waals surface area contributed by atoms with Crippen LogP contribution in [0.25, 0.3) is 0 Å². The number of nitrogens with zero attached hydrogens (tertiary/aromatic N) is 2. The van der Waals surface area contributed by atoms with Gasteiger partial charge in [-0.15, -0.1) is 5.11 Å². The number of carbonyl (C=O) groups excluding carboxylic acids is 1. The van der Waals surface area contributed by atoms with E-state index in [1.807, 2.05) is 0 Å². The standard InChI is InChI=1S/C13H16N2O5S/c1-4-20-13(17)12(9(2)16)15-14-10-5-7-11(8-6-10)21(3,18)19/h5-8,16H,4H2,1-3H3/b12-9+,15-14?. The molecule has 0 atom stereocenters. The Morgan fingerprint density at radius 3 is 2.29 bits per heavy atom. The lowest BCUT2D eigenvalue weighted by molar-refractivity contribution is -0.138. The summed E-state index contributed by atoms with van der Waals surface area (Å²) in [7, 11) is -3.28. The van der Waals surface area contributed by atoms with E-state index in [9.17, 15) is 18.3 Å². The number of hydrogen-bond acceptors (Lipinski definition) is 7. The van der Waals surface area contributed by atoms with Crippen LogP contribution in [0.4, 0.5) is 5.69 Å². The molecule has 0 aliphatic heterocycles. The molecule has 0 saturated carbocycles. The highest BCUT2D eigenvalue weighted by atomic mass is 32.2. The quantitative estimate of drug-likeness (QED) is 0.389. The summed E-state index contributed by atoms with van der Waals surface area (Å²) >= 11 is 0. The van der Waals surface area contributed by atoms with E-state index in [1.54, 1.807) is 6.92 Å². The second-order valence-electron chi connectivity index (χ2n) is 4.12. The fraction of sp³-hybridized carbons (Fsp3) is 0.308. The van der Waals surface area contributed by atoms with Crippen LogP contribution in [0.2, 0.25) is 0 Å². The second-order valence-corrected chi connectivity index (χ2v) is 6.14. The summed E-state index contributed by atoms with van der Waals surface area (Å²) in [6.45, 7) is 3.06. The molecule has 0 aromatic heterocycles. The number of ether oxygens (including phenoxy) is 1. The molecule has 0 saturated heterocycles. The molecule has 1 N–H and O–H groups in total. The molecule has 0 amide bonds. The SMILES string of the molecule is CCOC(=O)/C(N=Nc1ccc(S(C)(=O)=O)cc1)=C(/C)O. The highest BCUT2D eigenvalue weighted by Crippen LogP contribution is 2.18. The Bertz CT molecular complexity index is 671. The van der Waals surface area contributed by atoms with E-state index in [2.05, 4.69) is 10.2 Å². The van der Waals surface area contributed by atoms with Crippen LogP contribution in [0.15, 0.2) is 50.8 Å². The van der Waals surface area contributed by atoms with Gasteiger partial charge in [-0.1, -0.05) is 0 Å². The number of hydrogen-bond donors (Lipinski definition) is 1. The lowest BCUT2D eigenvalue weighted by atomic mass is 10.3. The molecule has 0 aliphatic carbocycles. The van der Waals surface area contributed by atoms with E-state index in [1.165, 1.54) is 31.2 Å². The zero-order chi connectivity index (χ0) is 16.0. The molecule has 0 aliphatic rings. The molecule has 8 heteroatoms. The number of azo groups is 1. The first-order chi connectivity index (χ1) is 9.75. The van der Waals surface area contributed by atoms with Gasteiger partial charge in [0, 0.05) is 6.26 Å². The number of rotatable bonds is 5. The molecule has 7 nitrogen and oxygen atoms in total. The van der Waals surface area contributed by atoms with Crippen LogP contribution >= 0.6 is 0 Å². The Hall–Kier alpha value is -2.22. The predicted molar refractivity (Wildman–Crippen MR) is 76.0 cm³/mol. The van der Waals surface area contributed by atoms with Crippen LogP contribution in [0.1, 0.15) is 13.8 Å². The second kappa shape index (κ2) is 6.98. The van der Waals surface area contributed by atoms with Crippen molar-refractivity contribution in [3.8, 4) is 0 Å². The van der Waals surface area contributed by atoms with Gasteiger partial charge in [0.15, 0.2) is 9.84 Å². The molecule has 0 fully saturated rings. The maximum atomic E-state index is 11.5. The van der Waals surface area contributed by atoms with Gasteiger partial charge in [0.1, 0.15) is 5.76 Å². The molecular weight excluding hydrogens is 296 g/mol. The van der Waals surface area contributed by atoms with Crippen molar-refractivity contribution in [1.82, 2.24) is 0 Å². The van der Waals surface area contributed by atoms with Gasteiger partial charge in [0.25, 0.3) is 0 Å². The summed E-state index contributed by atoms with van der Waals surface area (Å²) in [5, 5.41) is 16.8. The van der Waals surface area contributed by atoms with Gasteiger partial charge in [-0.2, -0.15) is 5.11 Å². The third-order valence-electron chi connectivity index (χ3n) is 2.34. The number of carbonyl (C=O) groups is 1. The zero-order valence-electron chi connectivity index (χ0n) is 11.9. The Labute approximate surface area is 122 Å². The van der Waals surface area contributed by atoms with Gasteiger partial charge >= 0.3 is 5.97 Å². The molecular formula is C13H16N2O5S. The summed E-state index contributed by atoms with van der Waals surface area (Å²) in [6, 6.07) is 5.64. The lowest BCUT2D eigenvalue weighted by Crippen LogP contribution is -2.07. The number of sulfone groups is 1. The minimum atomic E-state index is -3.28. The summed E-state index contributed by atoms with van der Waals surface area (Å²) in [6.07, 6.45) is 1.10. The predicted octanol–water partition coefficient (Wildman–Crippen LogP) is 2.53. The average molecular weight is 312 g/mol. The first-order valence-electron chi connectivity index (χ1n) is 6.04. The minimum absolute atomic E-state index is 0.147. The van der Waals surface area contributed by atoms with Crippen LogP contribution < -0.4 is 0 Å². The first kappa shape index (κ1) is 16.8. The Morgan fingerprint density at radius 2 is 1.86 bits per heavy atom. The smallest absolute Gasteiger partial charge is 0.362 e. The van der Waals surface area contributed by atoms with Crippen molar-refractivity contribution in [3.05, 3.63) is 35.7 Å². The third kappa shape index (κ3) is 4.99. The van der Waals surface area contributed by atoms with Gasteiger partial charge in [-0.25, -0.2) is 13.2 Å². The molecule has 1 aromatic carbocycles. The number of benzene rings is 1. The van der Waals surface area contributed by atoms with E-state index in [4.69, 9.17) is 4.74 Å². The molecule has 0 heterocycles. The molecule has 114 valence electrons. The lowest BCUT2D eigenvalue weighted by Gasteiger charge is -2.02. The van der Waals surface area contributed by atoms with E-state index >= 15 is 0 Å². The van der Waals surface area contributed by atoms with Gasteiger partial charge < -0.3 is 9.84 Å². The highest BCUT2D eigenvalue weighted by Gasteiger charge is 2.14. The maximum absolute atomic E-state index is 11.5. The Morgan fingerprint density at radius 1 is 1.29 bits per heavy atom. The molecule has 1 aromatic rings. The van der Waals surface area contributed by atoms with Crippen molar-refractivity contribution < 1.29 is 23.1 Å². The first-order valence-corrected chi connectivity index (χ1v) is 7.93. The van der Waals surface area contributed by atoms with Crippen molar-refractivity contribution in [3.63, 3.8) is 0 Å². The third-order valence-corrected chi connectivity index (χ3v) is 3.47. The number of allylic oxidation sites excluding steroid dienone is 1.